The SMILES string of the molecule is CCOCCCNCCCCC(=O)O. The Balaban J connectivity index is 2.88. The van der Waals surface area contributed by atoms with Gasteiger partial charge in [0, 0.05) is 19.6 Å². The molecule has 0 aromatic rings. The Hall–Kier alpha value is -0.610. The second kappa shape index (κ2) is 10.5. The molecule has 84 valence electrons. The van der Waals surface area contributed by atoms with Crippen LogP contribution in [-0.2, 0) is 9.53 Å². The van der Waals surface area contributed by atoms with E-state index in [2.05, 4.69) is 5.32 Å². The molecule has 0 radical (unpaired) electrons. The Kier molecular flexibility index (Phi) is 10.0. The van der Waals surface area contributed by atoms with Gasteiger partial charge in [-0.2, -0.15) is 0 Å². The molecule has 0 amide bonds. The van der Waals surface area contributed by atoms with Crippen LogP contribution in [0.4, 0.5) is 0 Å². The molecule has 4 nitrogen and oxygen atoms in total. The molecule has 0 aromatic heterocycles. The molecule has 14 heavy (non-hydrogen) atoms. The Bertz CT molecular complexity index is 139. The van der Waals surface area contributed by atoms with Crippen LogP contribution in [0.1, 0.15) is 32.6 Å². The summed E-state index contributed by atoms with van der Waals surface area (Å²) in [4.78, 5) is 10.2. The van der Waals surface area contributed by atoms with Crippen LogP contribution in [0.25, 0.3) is 0 Å². The van der Waals surface area contributed by atoms with Crippen LogP contribution >= 0.6 is 0 Å². The third kappa shape index (κ3) is 11.4. The topological polar surface area (TPSA) is 58.6 Å². The van der Waals surface area contributed by atoms with Gasteiger partial charge < -0.3 is 15.2 Å². The van der Waals surface area contributed by atoms with E-state index in [9.17, 15) is 4.79 Å². The molecule has 0 bridgehead atoms. The van der Waals surface area contributed by atoms with Crippen molar-refractivity contribution in [3.8, 4) is 0 Å². The summed E-state index contributed by atoms with van der Waals surface area (Å²) in [6.45, 7) is 5.42. The fraction of sp³-hybridized carbons (Fsp3) is 0.900. The van der Waals surface area contributed by atoms with Crippen molar-refractivity contribution in [3.63, 3.8) is 0 Å². The number of carbonyl (C=O) groups is 1. The molecular formula is C10H21NO3. The first kappa shape index (κ1) is 13.4. The minimum atomic E-state index is -0.707. The van der Waals surface area contributed by atoms with Crippen LogP contribution in [0.15, 0.2) is 0 Å². The zero-order chi connectivity index (χ0) is 10.6. The fourth-order valence-electron chi connectivity index (χ4n) is 1.09. The van der Waals surface area contributed by atoms with E-state index in [-0.39, 0.29) is 6.42 Å². The van der Waals surface area contributed by atoms with Gasteiger partial charge >= 0.3 is 5.97 Å². The second-order valence-electron chi connectivity index (χ2n) is 3.15. The number of carboxylic acid groups (broad SMARTS) is 1. The number of carboxylic acids is 1. The van der Waals surface area contributed by atoms with Crippen LogP contribution < -0.4 is 5.32 Å². The highest BCUT2D eigenvalue weighted by molar-refractivity contribution is 5.66. The third-order valence-electron chi connectivity index (χ3n) is 1.84. The largest absolute Gasteiger partial charge is 0.481 e. The molecular weight excluding hydrogens is 182 g/mol. The van der Waals surface area contributed by atoms with E-state index in [1.807, 2.05) is 6.92 Å². The predicted octanol–water partition coefficient (Wildman–Crippen LogP) is 1.26. The van der Waals surface area contributed by atoms with E-state index >= 15 is 0 Å². The van der Waals surface area contributed by atoms with Crippen LogP contribution in [0.2, 0.25) is 0 Å². The molecule has 2 N–H and O–H groups in total. The Labute approximate surface area is 85.6 Å². The Morgan fingerprint density at radius 1 is 1.29 bits per heavy atom. The van der Waals surface area contributed by atoms with Gasteiger partial charge in [-0.15, -0.1) is 0 Å². The summed E-state index contributed by atoms with van der Waals surface area (Å²) in [5, 5.41) is 11.6. The molecule has 0 aromatic carbocycles. The smallest absolute Gasteiger partial charge is 0.303 e. The van der Waals surface area contributed by atoms with Crippen molar-refractivity contribution in [1.29, 1.82) is 0 Å². The van der Waals surface area contributed by atoms with Gasteiger partial charge in [0.05, 0.1) is 0 Å². The zero-order valence-electron chi connectivity index (χ0n) is 8.92. The molecule has 0 aliphatic rings. The minimum absolute atomic E-state index is 0.278. The quantitative estimate of drug-likeness (QED) is 0.525. The zero-order valence-corrected chi connectivity index (χ0v) is 8.92. The molecule has 0 fully saturated rings. The molecule has 0 heterocycles. The molecule has 0 rings (SSSR count). The van der Waals surface area contributed by atoms with Crippen molar-refractivity contribution in [2.45, 2.75) is 32.6 Å². The molecule has 4 heteroatoms. The van der Waals surface area contributed by atoms with E-state index in [0.29, 0.717) is 0 Å². The molecule has 0 unspecified atom stereocenters. The van der Waals surface area contributed by atoms with Crippen molar-refractivity contribution in [2.75, 3.05) is 26.3 Å². The normalized spacial score (nSPS) is 10.4. The lowest BCUT2D eigenvalue weighted by atomic mass is 10.2. The summed E-state index contributed by atoms with van der Waals surface area (Å²) in [5.41, 5.74) is 0. The lowest BCUT2D eigenvalue weighted by Gasteiger charge is -2.03. The van der Waals surface area contributed by atoms with Crippen molar-refractivity contribution in [3.05, 3.63) is 0 Å². The van der Waals surface area contributed by atoms with Crippen LogP contribution in [0.3, 0.4) is 0 Å². The first-order chi connectivity index (χ1) is 6.77. The molecule has 0 saturated carbocycles. The van der Waals surface area contributed by atoms with Crippen molar-refractivity contribution >= 4 is 5.97 Å². The van der Waals surface area contributed by atoms with Gasteiger partial charge in [-0.1, -0.05) is 0 Å². The van der Waals surface area contributed by atoms with Crippen molar-refractivity contribution in [1.82, 2.24) is 5.32 Å². The molecule has 0 aliphatic heterocycles. The van der Waals surface area contributed by atoms with Crippen LogP contribution in [-0.4, -0.2) is 37.4 Å². The lowest BCUT2D eigenvalue weighted by Crippen LogP contribution is -2.18. The monoisotopic (exact) mass is 203 g/mol. The van der Waals surface area contributed by atoms with E-state index in [1.54, 1.807) is 0 Å². The Morgan fingerprint density at radius 2 is 2.00 bits per heavy atom. The number of unbranched alkanes of at least 4 members (excludes halogenated alkanes) is 1. The highest BCUT2D eigenvalue weighted by atomic mass is 16.5. The molecule has 0 saturated heterocycles. The number of hydrogen-bond donors (Lipinski definition) is 2. The van der Waals surface area contributed by atoms with Crippen LogP contribution in [0.5, 0.6) is 0 Å². The molecule has 0 atom stereocenters. The number of hydrogen-bond acceptors (Lipinski definition) is 3. The molecule has 0 aliphatic carbocycles. The van der Waals surface area contributed by atoms with Gasteiger partial charge in [-0.3, -0.25) is 4.79 Å². The van der Waals surface area contributed by atoms with Crippen LogP contribution in [0, 0.1) is 0 Å². The predicted molar refractivity (Wildman–Crippen MR) is 55.5 cm³/mol. The van der Waals surface area contributed by atoms with Gasteiger partial charge in [0.25, 0.3) is 0 Å². The molecule has 0 spiro atoms. The van der Waals surface area contributed by atoms with E-state index in [1.165, 1.54) is 0 Å². The maximum Gasteiger partial charge on any atom is 0.303 e. The number of aliphatic carboxylic acids is 1. The summed E-state index contributed by atoms with van der Waals surface area (Å²) in [6, 6.07) is 0. The lowest BCUT2D eigenvalue weighted by molar-refractivity contribution is -0.137. The first-order valence-corrected chi connectivity index (χ1v) is 5.27. The first-order valence-electron chi connectivity index (χ1n) is 5.27. The number of rotatable bonds is 10. The van der Waals surface area contributed by atoms with Gasteiger partial charge in [-0.25, -0.2) is 0 Å². The maximum atomic E-state index is 10.2. The van der Waals surface area contributed by atoms with Crippen molar-refractivity contribution in [2.24, 2.45) is 0 Å². The third-order valence-corrected chi connectivity index (χ3v) is 1.84. The van der Waals surface area contributed by atoms with Gasteiger partial charge in [0.15, 0.2) is 0 Å². The van der Waals surface area contributed by atoms with Gasteiger partial charge in [0.1, 0.15) is 0 Å². The average Bonchev–Trinajstić information content (AvgIpc) is 2.15. The highest BCUT2D eigenvalue weighted by Crippen LogP contribution is 1.93. The summed E-state index contributed by atoms with van der Waals surface area (Å²) >= 11 is 0. The van der Waals surface area contributed by atoms with E-state index < -0.39 is 5.97 Å². The highest BCUT2D eigenvalue weighted by Gasteiger charge is 1.95. The van der Waals surface area contributed by atoms with Crippen molar-refractivity contribution < 1.29 is 14.6 Å². The summed E-state index contributed by atoms with van der Waals surface area (Å²) in [6.07, 6.45) is 2.99. The number of nitrogens with one attached hydrogen (secondary N) is 1. The summed E-state index contributed by atoms with van der Waals surface area (Å²) < 4.78 is 5.17. The number of ether oxygens (including phenoxy) is 1. The minimum Gasteiger partial charge on any atom is -0.481 e. The maximum absolute atomic E-state index is 10.2. The summed E-state index contributed by atoms with van der Waals surface area (Å²) in [7, 11) is 0. The fourth-order valence-corrected chi connectivity index (χ4v) is 1.09. The van der Waals surface area contributed by atoms with E-state index in [0.717, 1.165) is 45.6 Å². The summed E-state index contributed by atoms with van der Waals surface area (Å²) in [5.74, 6) is -0.707. The van der Waals surface area contributed by atoms with Gasteiger partial charge in [-0.05, 0) is 39.3 Å². The second-order valence-corrected chi connectivity index (χ2v) is 3.15. The van der Waals surface area contributed by atoms with E-state index in [4.69, 9.17) is 9.84 Å². The Morgan fingerprint density at radius 3 is 2.64 bits per heavy atom. The average molecular weight is 203 g/mol. The standard InChI is InChI=1S/C10H21NO3/c1-2-14-9-5-8-11-7-4-3-6-10(12)13/h11H,2-9H2,1H3,(H,12,13). The van der Waals surface area contributed by atoms with Gasteiger partial charge in [0.2, 0.25) is 0 Å².